The van der Waals surface area contributed by atoms with Gasteiger partial charge in [0.05, 0.1) is 12.8 Å². The van der Waals surface area contributed by atoms with Gasteiger partial charge in [0.25, 0.3) is 0 Å². The summed E-state index contributed by atoms with van der Waals surface area (Å²) in [4.78, 5) is 0. The van der Waals surface area contributed by atoms with Crippen LogP contribution in [-0.2, 0) is 0 Å². The molecule has 88 valence electrons. The highest BCUT2D eigenvalue weighted by molar-refractivity contribution is 5.55. The van der Waals surface area contributed by atoms with E-state index in [2.05, 4.69) is 0 Å². The minimum absolute atomic E-state index is 0.631. The first-order chi connectivity index (χ1) is 8.19. The lowest BCUT2D eigenvalue weighted by Gasteiger charge is -2.09. The molecule has 0 aliphatic carbocycles. The van der Waals surface area contributed by atoms with Gasteiger partial charge in [0.2, 0.25) is 0 Å². The van der Waals surface area contributed by atoms with Gasteiger partial charge in [0.15, 0.2) is 5.75 Å². The molecule has 3 heteroatoms. The van der Waals surface area contributed by atoms with Gasteiger partial charge in [-0.05, 0) is 48.9 Å². The van der Waals surface area contributed by atoms with Crippen LogP contribution in [0.5, 0.6) is 17.2 Å². The van der Waals surface area contributed by atoms with Gasteiger partial charge < -0.3 is 15.2 Å². The highest BCUT2D eigenvalue weighted by atomic mass is 16.5. The molecule has 0 saturated carbocycles. The minimum atomic E-state index is 0.631. The molecule has 3 nitrogen and oxygen atoms in total. The Hall–Kier alpha value is -2.16. The van der Waals surface area contributed by atoms with E-state index in [-0.39, 0.29) is 0 Å². The largest absolute Gasteiger partial charge is 0.497 e. The van der Waals surface area contributed by atoms with Gasteiger partial charge in [-0.3, -0.25) is 0 Å². The van der Waals surface area contributed by atoms with E-state index in [1.54, 1.807) is 7.11 Å². The van der Waals surface area contributed by atoms with E-state index >= 15 is 0 Å². The second kappa shape index (κ2) is 4.78. The summed E-state index contributed by atoms with van der Waals surface area (Å²) in [6.45, 7) is 2.00. The van der Waals surface area contributed by atoms with Crippen molar-refractivity contribution in [3.63, 3.8) is 0 Å². The normalized spacial score (nSPS) is 10.0. The first-order valence-electron chi connectivity index (χ1n) is 5.37. The van der Waals surface area contributed by atoms with E-state index in [1.165, 1.54) is 0 Å². The number of nitrogen functional groups attached to an aromatic ring is 1. The number of methoxy groups -OCH3 is 1. The molecular formula is C14H15NO2. The Bertz CT molecular complexity index is 506. The fraction of sp³-hybridized carbons (Fsp3) is 0.143. The van der Waals surface area contributed by atoms with Crippen LogP contribution in [0.2, 0.25) is 0 Å². The second-order valence-electron chi connectivity index (χ2n) is 3.82. The summed E-state index contributed by atoms with van der Waals surface area (Å²) in [5, 5.41) is 0. The number of aryl methyl sites for hydroxylation is 1. The van der Waals surface area contributed by atoms with Crippen molar-refractivity contribution in [2.75, 3.05) is 12.8 Å². The number of benzene rings is 2. The van der Waals surface area contributed by atoms with Crippen molar-refractivity contribution in [3.05, 3.63) is 48.0 Å². The molecule has 17 heavy (non-hydrogen) atoms. The molecule has 0 fully saturated rings. The van der Waals surface area contributed by atoms with Crippen LogP contribution in [0.4, 0.5) is 5.69 Å². The third-order valence-electron chi connectivity index (χ3n) is 2.46. The fourth-order valence-electron chi connectivity index (χ4n) is 1.50. The SMILES string of the molecule is COc1ccc(Oc2cc(C)ccc2N)cc1. The maximum atomic E-state index is 5.84. The lowest BCUT2D eigenvalue weighted by molar-refractivity contribution is 0.413. The van der Waals surface area contributed by atoms with Crippen LogP contribution in [0.3, 0.4) is 0 Å². The van der Waals surface area contributed by atoms with E-state index in [4.69, 9.17) is 15.2 Å². The van der Waals surface area contributed by atoms with Gasteiger partial charge in [0, 0.05) is 0 Å². The topological polar surface area (TPSA) is 44.5 Å². The molecule has 0 unspecified atom stereocenters. The first kappa shape index (κ1) is 11.3. The summed E-state index contributed by atoms with van der Waals surface area (Å²) in [5.41, 5.74) is 7.59. The number of hydrogen-bond donors (Lipinski definition) is 1. The van der Waals surface area contributed by atoms with E-state index in [0.717, 1.165) is 17.1 Å². The molecule has 2 aromatic carbocycles. The molecule has 0 spiro atoms. The first-order valence-corrected chi connectivity index (χ1v) is 5.37. The Morgan fingerprint density at radius 3 is 2.24 bits per heavy atom. The maximum Gasteiger partial charge on any atom is 0.150 e. The summed E-state index contributed by atoms with van der Waals surface area (Å²) < 4.78 is 10.8. The van der Waals surface area contributed by atoms with Gasteiger partial charge >= 0.3 is 0 Å². The molecular weight excluding hydrogens is 214 g/mol. The molecule has 2 N–H and O–H groups in total. The fourth-order valence-corrected chi connectivity index (χ4v) is 1.50. The van der Waals surface area contributed by atoms with Crippen molar-refractivity contribution in [1.29, 1.82) is 0 Å². The van der Waals surface area contributed by atoms with Gasteiger partial charge in [-0.15, -0.1) is 0 Å². The Morgan fingerprint density at radius 2 is 1.59 bits per heavy atom. The Balaban J connectivity index is 2.22. The molecule has 2 rings (SSSR count). The molecule has 0 heterocycles. The Labute approximate surface area is 101 Å². The Morgan fingerprint density at radius 1 is 0.941 bits per heavy atom. The monoisotopic (exact) mass is 229 g/mol. The van der Waals surface area contributed by atoms with Crippen molar-refractivity contribution in [1.82, 2.24) is 0 Å². The minimum Gasteiger partial charge on any atom is -0.497 e. The number of anilines is 1. The maximum absolute atomic E-state index is 5.84. The number of rotatable bonds is 3. The van der Waals surface area contributed by atoms with Crippen LogP contribution in [-0.4, -0.2) is 7.11 Å². The molecule has 0 aliphatic rings. The average molecular weight is 229 g/mol. The standard InChI is InChI=1S/C14H15NO2/c1-10-3-8-13(15)14(9-10)17-12-6-4-11(16-2)5-7-12/h3-9H,15H2,1-2H3. The van der Waals surface area contributed by atoms with Crippen LogP contribution >= 0.6 is 0 Å². The van der Waals surface area contributed by atoms with Crippen LogP contribution < -0.4 is 15.2 Å². The molecule has 0 radical (unpaired) electrons. The number of hydrogen-bond acceptors (Lipinski definition) is 3. The molecule has 2 aromatic rings. The van der Waals surface area contributed by atoms with Gasteiger partial charge in [-0.25, -0.2) is 0 Å². The molecule has 0 saturated heterocycles. The van der Waals surface area contributed by atoms with Crippen molar-refractivity contribution in [2.45, 2.75) is 6.92 Å². The zero-order valence-electron chi connectivity index (χ0n) is 9.94. The summed E-state index contributed by atoms with van der Waals surface area (Å²) in [6, 6.07) is 13.1. The summed E-state index contributed by atoms with van der Waals surface area (Å²) in [5.74, 6) is 2.22. The van der Waals surface area contributed by atoms with Crippen LogP contribution in [0.15, 0.2) is 42.5 Å². The van der Waals surface area contributed by atoms with Crippen molar-refractivity contribution < 1.29 is 9.47 Å². The smallest absolute Gasteiger partial charge is 0.150 e. The van der Waals surface area contributed by atoms with E-state index in [1.807, 2.05) is 49.4 Å². The van der Waals surface area contributed by atoms with Crippen molar-refractivity contribution in [2.24, 2.45) is 0 Å². The number of ether oxygens (including phenoxy) is 2. The zero-order valence-corrected chi connectivity index (χ0v) is 9.94. The van der Waals surface area contributed by atoms with E-state index in [9.17, 15) is 0 Å². The van der Waals surface area contributed by atoms with Gasteiger partial charge in [-0.1, -0.05) is 6.07 Å². The van der Waals surface area contributed by atoms with Gasteiger partial charge in [-0.2, -0.15) is 0 Å². The van der Waals surface area contributed by atoms with Crippen LogP contribution in [0.1, 0.15) is 5.56 Å². The van der Waals surface area contributed by atoms with Gasteiger partial charge in [0.1, 0.15) is 11.5 Å². The molecule has 0 atom stereocenters. The van der Waals surface area contributed by atoms with E-state index < -0.39 is 0 Å². The predicted octanol–water partition coefficient (Wildman–Crippen LogP) is 3.38. The predicted molar refractivity (Wildman–Crippen MR) is 68.7 cm³/mol. The molecule has 0 bridgehead atoms. The van der Waals surface area contributed by atoms with Crippen molar-refractivity contribution in [3.8, 4) is 17.2 Å². The third kappa shape index (κ3) is 2.69. The summed E-state index contributed by atoms with van der Waals surface area (Å²) in [6.07, 6.45) is 0. The highest BCUT2D eigenvalue weighted by Gasteiger charge is 2.02. The molecule has 0 amide bonds. The summed E-state index contributed by atoms with van der Waals surface area (Å²) >= 11 is 0. The van der Waals surface area contributed by atoms with Crippen molar-refractivity contribution >= 4 is 5.69 Å². The third-order valence-corrected chi connectivity index (χ3v) is 2.46. The number of nitrogens with two attached hydrogens (primary N) is 1. The Kier molecular flexibility index (Phi) is 3.19. The summed E-state index contributed by atoms with van der Waals surface area (Å²) in [7, 11) is 1.63. The molecule has 0 aliphatic heterocycles. The lowest BCUT2D eigenvalue weighted by Crippen LogP contribution is -1.92. The lowest BCUT2D eigenvalue weighted by atomic mass is 10.2. The molecule has 0 aromatic heterocycles. The second-order valence-corrected chi connectivity index (χ2v) is 3.82. The zero-order chi connectivity index (χ0) is 12.3. The quantitative estimate of drug-likeness (QED) is 0.820. The van der Waals surface area contributed by atoms with Crippen LogP contribution in [0, 0.1) is 6.92 Å². The van der Waals surface area contributed by atoms with E-state index in [0.29, 0.717) is 11.4 Å². The van der Waals surface area contributed by atoms with Crippen LogP contribution in [0.25, 0.3) is 0 Å². The average Bonchev–Trinajstić information content (AvgIpc) is 2.35. The highest BCUT2D eigenvalue weighted by Crippen LogP contribution is 2.29.